The number of hydrogen-bond donors (Lipinski definition) is 1. The molecule has 0 radical (unpaired) electrons. The number of para-hydroxylation sites is 1. The maximum absolute atomic E-state index is 12.3. The molecule has 0 aliphatic carbocycles. The van der Waals surface area contributed by atoms with Gasteiger partial charge in [-0.05, 0) is 79.9 Å². The molecule has 31 heavy (non-hydrogen) atoms. The maximum atomic E-state index is 12.3. The van der Waals surface area contributed by atoms with Gasteiger partial charge in [0, 0.05) is 11.3 Å². The quantitative estimate of drug-likeness (QED) is 0.507. The van der Waals surface area contributed by atoms with Crippen LogP contribution >= 0.6 is 0 Å². The van der Waals surface area contributed by atoms with Gasteiger partial charge in [0.25, 0.3) is 5.91 Å². The zero-order valence-corrected chi connectivity index (χ0v) is 17.6. The molecule has 1 amide bonds. The summed E-state index contributed by atoms with van der Waals surface area (Å²) in [5, 5.41) is 3.24. The minimum Gasteiger partial charge on any atom is -0.483 e. The summed E-state index contributed by atoms with van der Waals surface area (Å²) in [5.74, 6) is 0.668. The van der Waals surface area contributed by atoms with Gasteiger partial charge < -0.3 is 14.5 Å². The van der Waals surface area contributed by atoms with Crippen molar-refractivity contribution in [3.05, 3.63) is 87.8 Å². The van der Waals surface area contributed by atoms with Crippen LogP contribution in [0.3, 0.4) is 0 Å². The number of aryl methyl sites for hydroxylation is 3. The van der Waals surface area contributed by atoms with Gasteiger partial charge in [-0.2, -0.15) is 0 Å². The minimum absolute atomic E-state index is 0.0911. The van der Waals surface area contributed by atoms with Crippen LogP contribution in [0.25, 0.3) is 22.4 Å². The third kappa shape index (κ3) is 4.48. The average molecular weight is 414 g/mol. The van der Waals surface area contributed by atoms with Gasteiger partial charge in [-0.3, -0.25) is 4.79 Å². The number of carbonyl (C=O) groups excluding carboxylic acids is 1. The Kier molecular flexibility index (Phi) is 5.54. The van der Waals surface area contributed by atoms with Gasteiger partial charge in [-0.1, -0.05) is 18.2 Å². The molecule has 0 atom stereocenters. The molecule has 1 N–H and O–H groups in total. The Hall–Kier alpha value is -3.93. The summed E-state index contributed by atoms with van der Waals surface area (Å²) in [6.45, 7) is 5.92. The number of nitrogens with zero attached hydrogens (tertiary/aromatic N) is 1. The topological polar surface area (TPSA) is 81.4 Å². The highest BCUT2D eigenvalue weighted by molar-refractivity contribution is 5.92. The molecule has 4 aromatic rings. The summed E-state index contributed by atoms with van der Waals surface area (Å²) in [6.07, 6.45) is 0. The molecule has 1 heterocycles. The number of nitrogens with one attached hydrogen (secondary N) is 1. The molecule has 156 valence electrons. The number of fused-ring (bicyclic) bond motifs is 1. The summed E-state index contributed by atoms with van der Waals surface area (Å²) in [4.78, 5) is 28.9. The number of ether oxygens (including phenoxy) is 1. The van der Waals surface area contributed by atoms with Crippen LogP contribution in [-0.4, -0.2) is 17.5 Å². The van der Waals surface area contributed by atoms with Gasteiger partial charge in [-0.15, -0.1) is 0 Å². The molecule has 0 saturated heterocycles. The molecular formula is C25H22N2O4. The molecule has 0 aliphatic heterocycles. The van der Waals surface area contributed by atoms with Crippen LogP contribution < -0.4 is 15.7 Å². The van der Waals surface area contributed by atoms with E-state index in [1.54, 1.807) is 42.5 Å². The summed E-state index contributed by atoms with van der Waals surface area (Å²) >= 11 is 0. The maximum Gasteiger partial charge on any atom is 0.347 e. The van der Waals surface area contributed by atoms with Gasteiger partial charge in [0.2, 0.25) is 5.89 Å². The van der Waals surface area contributed by atoms with E-state index in [0.717, 1.165) is 11.1 Å². The van der Waals surface area contributed by atoms with Crippen molar-refractivity contribution in [1.82, 2.24) is 4.98 Å². The Balaban J connectivity index is 1.43. The molecule has 0 spiro atoms. The number of hydrogen-bond acceptors (Lipinski definition) is 5. The smallest absolute Gasteiger partial charge is 0.347 e. The summed E-state index contributed by atoms with van der Waals surface area (Å²) in [7, 11) is 0. The Bertz CT molecular complexity index is 1320. The number of aromatic nitrogens is 1. The van der Waals surface area contributed by atoms with E-state index < -0.39 is 5.63 Å². The largest absolute Gasteiger partial charge is 0.483 e. The normalized spacial score (nSPS) is 10.8. The third-order valence-electron chi connectivity index (χ3n) is 5.10. The Morgan fingerprint density at radius 2 is 1.68 bits per heavy atom. The van der Waals surface area contributed by atoms with E-state index in [-0.39, 0.29) is 18.4 Å². The van der Waals surface area contributed by atoms with Crippen LogP contribution in [-0.2, 0) is 4.79 Å². The lowest BCUT2D eigenvalue weighted by Crippen LogP contribution is -2.20. The molecule has 6 nitrogen and oxygen atoms in total. The SMILES string of the molecule is Cc1cc(C)c(OCC(=O)Nc2ccc(-c3nc4ccccc4c(=O)o3)cc2)cc1C. The molecule has 0 saturated carbocycles. The molecule has 4 rings (SSSR count). The van der Waals surface area contributed by atoms with E-state index in [9.17, 15) is 9.59 Å². The molecule has 0 unspecified atom stereocenters. The Morgan fingerprint density at radius 3 is 2.45 bits per heavy atom. The molecule has 0 aliphatic rings. The number of anilines is 1. The van der Waals surface area contributed by atoms with Crippen LogP contribution in [0, 0.1) is 20.8 Å². The van der Waals surface area contributed by atoms with Crippen LogP contribution in [0.5, 0.6) is 5.75 Å². The fourth-order valence-corrected chi connectivity index (χ4v) is 3.27. The predicted octanol–water partition coefficient (Wildman–Crippen LogP) is 4.80. The van der Waals surface area contributed by atoms with Crippen molar-refractivity contribution >= 4 is 22.5 Å². The highest BCUT2D eigenvalue weighted by Crippen LogP contribution is 2.23. The fraction of sp³-hybridized carbons (Fsp3) is 0.160. The fourth-order valence-electron chi connectivity index (χ4n) is 3.27. The van der Waals surface area contributed by atoms with Crippen molar-refractivity contribution in [1.29, 1.82) is 0 Å². The molecule has 0 fully saturated rings. The first-order valence-electron chi connectivity index (χ1n) is 9.91. The van der Waals surface area contributed by atoms with Crippen LogP contribution in [0.15, 0.2) is 69.9 Å². The minimum atomic E-state index is -0.434. The second kappa shape index (κ2) is 8.44. The van der Waals surface area contributed by atoms with E-state index in [1.165, 1.54) is 5.56 Å². The summed E-state index contributed by atoms with van der Waals surface area (Å²) in [5.41, 5.74) is 4.68. The monoisotopic (exact) mass is 414 g/mol. The molecule has 6 heteroatoms. The van der Waals surface area contributed by atoms with Crippen LogP contribution in [0.1, 0.15) is 16.7 Å². The first kappa shape index (κ1) is 20.3. The van der Waals surface area contributed by atoms with E-state index in [2.05, 4.69) is 10.3 Å². The Morgan fingerprint density at radius 1 is 0.968 bits per heavy atom. The first-order chi connectivity index (χ1) is 14.9. The average Bonchev–Trinajstić information content (AvgIpc) is 2.76. The van der Waals surface area contributed by atoms with Crippen molar-refractivity contribution < 1.29 is 13.9 Å². The molecule has 3 aromatic carbocycles. The van der Waals surface area contributed by atoms with E-state index >= 15 is 0 Å². The van der Waals surface area contributed by atoms with E-state index in [1.807, 2.05) is 39.0 Å². The zero-order valence-electron chi connectivity index (χ0n) is 17.6. The van der Waals surface area contributed by atoms with E-state index in [4.69, 9.17) is 9.15 Å². The van der Waals surface area contributed by atoms with Crippen LogP contribution in [0.2, 0.25) is 0 Å². The van der Waals surface area contributed by atoms with Crippen molar-refractivity contribution in [2.45, 2.75) is 20.8 Å². The number of amides is 1. The lowest BCUT2D eigenvalue weighted by molar-refractivity contribution is -0.118. The standard InChI is InChI=1S/C25H22N2O4/c1-15-12-17(3)22(13-16(15)2)30-14-23(28)26-19-10-8-18(9-11-19)24-27-21-7-5-4-6-20(21)25(29)31-24/h4-13H,14H2,1-3H3,(H,26,28). The lowest BCUT2D eigenvalue weighted by Gasteiger charge is -2.12. The number of rotatable bonds is 5. The first-order valence-corrected chi connectivity index (χ1v) is 9.91. The van der Waals surface area contributed by atoms with Gasteiger partial charge in [0.15, 0.2) is 6.61 Å². The highest BCUT2D eigenvalue weighted by atomic mass is 16.5. The highest BCUT2D eigenvalue weighted by Gasteiger charge is 2.10. The Labute approximate surface area is 179 Å². The zero-order chi connectivity index (χ0) is 22.0. The lowest BCUT2D eigenvalue weighted by atomic mass is 10.1. The number of carbonyl (C=O) groups is 1. The van der Waals surface area contributed by atoms with Crippen molar-refractivity contribution in [3.8, 4) is 17.2 Å². The van der Waals surface area contributed by atoms with Gasteiger partial charge in [-0.25, -0.2) is 9.78 Å². The summed E-state index contributed by atoms with van der Waals surface area (Å²) in [6, 6.07) is 17.9. The van der Waals surface area contributed by atoms with Gasteiger partial charge in [0.05, 0.1) is 10.9 Å². The third-order valence-corrected chi connectivity index (χ3v) is 5.10. The van der Waals surface area contributed by atoms with Gasteiger partial charge in [0.1, 0.15) is 5.75 Å². The second-order valence-electron chi connectivity index (χ2n) is 7.44. The molecular weight excluding hydrogens is 392 g/mol. The predicted molar refractivity (Wildman–Crippen MR) is 120 cm³/mol. The van der Waals surface area contributed by atoms with Crippen LogP contribution in [0.4, 0.5) is 5.69 Å². The van der Waals surface area contributed by atoms with Crippen molar-refractivity contribution in [2.75, 3.05) is 11.9 Å². The summed E-state index contributed by atoms with van der Waals surface area (Å²) < 4.78 is 11.0. The van der Waals surface area contributed by atoms with E-state index in [0.29, 0.717) is 27.9 Å². The van der Waals surface area contributed by atoms with Gasteiger partial charge >= 0.3 is 5.63 Å². The van der Waals surface area contributed by atoms with Crippen molar-refractivity contribution in [3.63, 3.8) is 0 Å². The number of benzene rings is 3. The van der Waals surface area contributed by atoms with Crippen molar-refractivity contribution in [2.24, 2.45) is 0 Å². The molecule has 0 bridgehead atoms. The second-order valence-corrected chi connectivity index (χ2v) is 7.44. The molecule has 1 aromatic heterocycles.